The van der Waals surface area contributed by atoms with Crippen LogP contribution in [0, 0.1) is 11.3 Å². The number of hydrogen-bond acceptors (Lipinski definition) is 4. The molecule has 0 saturated carbocycles. The van der Waals surface area contributed by atoms with Gasteiger partial charge in [0, 0.05) is 31.9 Å². The number of amides is 2. The molecule has 1 saturated heterocycles. The molecule has 1 heterocycles. The van der Waals surface area contributed by atoms with Crippen molar-refractivity contribution < 1.29 is 19.5 Å². The van der Waals surface area contributed by atoms with E-state index in [0.29, 0.717) is 5.69 Å². The third-order valence-electron chi connectivity index (χ3n) is 4.78. The van der Waals surface area contributed by atoms with E-state index in [2.05, 4.69) is 10.2 Å². The van der Waals surface area contributed by atoms with Crippen LogP contribution in [-0.2, 0) is 20.8 Å². The highest BCUT2D eigenvalue weighted by Crippen LogP contribution is 2.27. The van der Waals surface area contributed by atoms with Gasteiger partial charge in [0.2, 0.25) is 11.8 Å². The van der Waals surface area contributed by atoms with E-state index in [1.54, 1.807) is 39.0 Å². The molecule has 0 spiro atoms. The zero-order valence-electron chi connectivity index (χ0n) is 16.5. The zero-order valence-corrected chi connectivity index (χ0v) is 16.5. The summed E-state index contributed by atoms with van der Waals surface area (Å²) < 4.78 is 0. The Bertz CT molecular complexity index is 703. The first-order valence-corrected chi connectivity index (χ1v) is 9.17. The fourth-order valence-electron chi connectivity index (χ4n) is 3.19. The Morgan fingerprint density at radius 1 is 1.15 bits per heavy atom. The van der Waals surface area contributed by atoms with Gasteiger partial charge in [-0.05, 0) is 30.2 Å². The van der Waals surface area contributed by atoms with Gasteiger partial charge < -0.3 is 20.2 Å². The number of carboxylic acid groups (broad SMARTS) is 1. The quantitative estimate of drug-likeness (QED) is 0.765. The zero-order chi connectivity index (χ0) is 20.2. The van der Waals surface area contributed by atoms with Crippen molar-refractivity contribution in [2.45, 2.75) is 27.2 Å². The molecule has 1 aliphatic heterocycles. The summed E-state index contributed by atoms with van der Waals surface area (Å²) in [4.78, 5) is 40.4. The van der Waals surface area contributed by atoms with Crippen LogP contribution in [0.4, 0.5) is 5.69 Å². The maximum Gasteiger partial charge on any atom is 0.316 e. The lowest BCUT2D eigenvalue weighted by atomic mass is 9.80. The number of nitrogens with one attached hydrogen (secondary N) is 1. The van der Waals surface area contributed by atoms with Crippen molar-refractivity contribution in [3.05, 3.63) is 29.8 Å². The molecule has 7 nitrogen and oxygen atoms in total. The molecular weight excluding hydrogens is 346 g/mol. The van der Waals surface area contributed by atoms with Crippen molar-refractivity contribution in [2.24, 2.45) is 11.3 Å². The molecule has 2 rings (SSSR count). The normalized spacial score (nSPS) is 16.7. The highest BCUT2D eigenvalue weighted by molar-refractivity contribution is 6.04. The van der Waals surface area contributed by atoms with Gasteiger partial charge in [-0.2, -0.15) is 0 Å². The van der Waals surface area contributed by atoms with E-state index < -0.39 is 23.2 Å². The molecule has 7 heteroatoms. The maximum absolute atomic E-state index is 12.5. The van der Waals surface area contributed by atoms with E-state index in [1.165, 1.54) is 0 Å². The molecule has 148 valence electrons. The smallest absolute Gasteiger partial charge is 0.316 e. The van der Waals surface area contributed by atoms with Gasteiger partial charge in [0.05, 0.1) is 6.42 Å². The van der Waals surface area contributed by atoms with Gasteiger partial charge in [-0.1, -0.05) is 32.9 Å². The number of aliphatic carboxylic acids is 1. The molecule has 0 radical (unpaired) electrons. The number of piperazine rings is 1. The van der Waals surface area contributed by atoms with Gasteiger partial charge in [-0.3, -0.25) is 14.4 Å². The van der Waals surface area contributed by atoms with E-state index in [1.807, 2.05) is 18.0 Å². The van der Waals surface area contributed by atoms with Crippen molar-refractivity contribution >= 4 is 23.5 Å². The molecule has 0 aliphatic carbocycles. The molecule has 0 aromatic heterocycles. The third-order valence-corrected chi connectivity index (χ3v) is 4.78. The van der Waals surface area contributed by atoms with Crippen molar-refractivity contribution in [2.75, 3.05) is 38.5 Å². The summed E-state index contributed by atoms with van der Waals surface area (Å²) in [5.74, 6) is -2.81. The number of carboxylic acids is 1. The second-order valence-electron chi connectivity index (χ2n) is 8.19. The second-order valence-corrected chi connectivity index (χ2v) is 8.19. The molecule has 1 aliphatic rings. The first-order chi connectivity index (χ1) is 12.6. The van der Waals surface area contributed by atoms with Gasteiger partial charge in [0.25, 0.3) is 0 Å². The predicted molar refractivity (Wildman–Crippen MR) is 103 cm³/mol. The van der Waals surface area contributed by atoms with Gasteiger partial charge in [-0.15, -0.1) is 0 Å². The molecule has 1 aromatic rings. The molecular formula is C20H29N3O4. The number of hydrogen-bond donors (Lipinski definition) is 2. The van der Waals surface area contributed by atoms with Crippen molar-refractivity contribution in [3.63, 3.8) is 0 Å². The lowest BCUT2D eigenvalue weighted by Crippen LogP contribution is -2.47. The topological polar surface area (TPSA) is 90.0 Å². The van der Waals surface area contributed by atoms with Crippen LogP contribution in [-0.4, -0.2) is 65.9 Å². The summed E-state index contributed by atoms with van der Waals surface area (Å²) in [7, 11) is 2.04. The number of anilines is 1. The van der Waals surface area contributed by atoms with E-state index in [9.17, 15) is 19.5 Å². The minimum absolute atomic E-state index is 0.0599. The fourth-order valence-corrected chi connectivity index (χ4v) is 3.19. The predicted octanol–water partition coefficient (Wildman–Crippen LogP) is 1.69. The highest BCUT2D eigenvalue weighted by atomic mass is 16.4. The maximum atomic E-state index is 12.5. The first-order valence-electron chi connectivity index (χ1n) is 9.17. The molecule has 1 aromatic carbocycles. The fraction of sp³-hybridized carbons (Fsp3) is 0.550. The Balaban J connectivity index is 2.03. The largest absolute Gasteiger partial charge is 0.481 e. The highest BCUT2D eigenvalue weighted by Gasteiger charge is 2.37. The Hall–Kier alpha value is -2.41. The average molecular weight is 375 g/mol. The minimum atomic E-state index is -1.16. The summed E-state index contributed by atoms with van der Waals surface area (Å²) in [6, 6.07) is 7.02. The minimum Gasteiger partial charge on any atom is -0.481 e. The summed E-state index contributed by atoms with van der Waals surface area (Å²) in [6.07, 6.45) is 0.259. The van der Waals surface area contributed by atoms with E-state index in [4.69, 9.17) is 0 Å². The van der Waals surface area contributed by atoms with Gasteiger partial charge >= 0.3 is 5.97 Å². The van der Waals surface area contributed by atoms with Crippen LogP contribution in [0.1, 0.15) is 26.3 Å². The first kappa shape index (κ1) is 20.9. The molecule has 0 bridgehead atoms. The summed E-state index contributed by atoms with van der Waals surface area (Å²) in [6.45, 7) is 8.33. The second kappa shape index (κ2) is 8.52. The third kappa shape index (κ3) is 5.79. The molecule has 2 N–H and O–H groups in total. The standard InChI is InChI=1S/C20H29N3O4/c1-20(2,3)17(19(26)27)18(25)21-15-7-5-6-14(12-15)13-16(24)23-10-8-22(4)9-11-23/h5-7,12,17H,8-11,13H2,1-4H3,(H,21,25)(H,26,27). The Morgan fingerprint density at radius 3 is 2.33 bits per heavy atom. The van der Waals surface area contributed by atoms with Crippen LogP contribution in [0.3, 0.4) is 0 Å². The Morgan fingerprint density at radius 2 is 1.78 bits per heavy atom. The van der Waals surface area contributed by atoms with Crippen LogP contribution in [0.5, 0.6) is 0 Å². The van der Waals surface area contributed by atoms with Gasteiger partial charge in [0.1, 0.15) is 5.92 Å². The molecule has 1 fully saturated rings. The van der Waals surface area contributed by atoms with Gasteiger partial charge in [0.15, 0.2) is 0 Å². The summed E-state index contributed by atoms with van der Waals surface area (Å²) >= 11 is 0. The van der Waals surface area contributed by atoms with Crippen LogP contribution in [0.15, 0.2) is 24.3 Å². The Labute approximate surface area is 160 Å². The van der Waals surface area contributed by atoms with Crippen LogP contribution in [0.25, 0.3) is 0 Å². The number of rotatable bonds is 5. The van der Waals surface area contributed by atoms with Crippen molar-refractivity contribution in [3.8, 4) is 0 Å². The number of likely N-dealkylation sites (N-methyl/N-ethyl adjacent to an activating group) is 1. The number of benzene rings is 1. The van der Waals surface area contributed by atoms with E-state index in [-0.39, 0.29) is 12.3 Å². The summed E-state index contributed by atoms with van der Waals surface area (Å²) in [5, 5.41) is 12.1. The van der Waals surface area contributed by atoms with E-state index in [0.717, 1.165) is 31.7 Å². The monoisotopic (exact) mass is 375 g/mol. The van der Waals surface area contributed by atoms with Crippen LogP contribution in [0.2, 0.25) is 0 Å². The lowest BCUT2D eigenvalue weighted by molar-refractivity contribution is -0.149. The molecule has 1 atom stereocenters. The van der Waals surface area contributed by atoms with Crippen molar-refractivity contribution in [1.29, 1.82) is 0 Å². The van der Waals surface area contributed by atoms with Crippen molar-refractivity contribution in [1.82, 2.24) is 9.80 Å². The van der Waals surface area contributed by atoms with Gasteiger partial charge in [-0.25, -0.2) is 0 Å². The van der Waals surface area contributed by atoms with E-state index >= 15 is 0 Å². The molecule has 27 heavy (non-hydrogen) atoms. The Kier molecular flexibility index (Phi) is 6.59. The number of carbonyl (C=O) groups is 3. The number of carbonyl (C=O) groups excluding carboxylic acids is 2. The average Bonchev–Trinajstić information content (AvgIpc) is 2.53. The number of nitrogens with zero attached hydrogens (tertiary/aromatic N) is 2. The molecule has 1 unspecified atom stereocenters. The van der Waals surface area contributed by atoms with Crippen LogP contribution >= 0.6 is 0 Å². The lowest BCUT2D eigenvalue weighted by Gasteiger charge is -2.32. The van der Waals surface area contributed by atoms with Crippen LogP contribution < -0.4 is 5.32 Å². The summed E-state index contributed by atoms with van der Waals surface area (Å²) in [5.41, 5.74) is 0.587. The SMILES string of the molecule is CN1CCN(C(=O)Cc2cccc(NC(=O)C(C(=O)O)C(C)(C)C)c2)CC1. The molecule has 2 amide bonds.